The second kappa shape index (κ2) is 9.24. The van der Waals surface area contributed by atoms with Gasteiger partial charge in [-0.1, -0.05) is 4.85 Å². The molecule has 0 saturated carbocycles. The van der Waals surface area contributed by atoms with Gasteiger partial charge in [0.1, 0.15) is 16.8 Å². The molecule has 4 rings (SSSR count). The standard InChI is InChI=1S/C21H26N6O5S/c1-24(2)33(29,30)18-8-9-19-20(14-18)27(23-22-19)32-15-21(28)26-12-10-25(11-13-26)16-4-6-17(31-3)7-5-16/h4-9,14H,10-13,15H2,1-3H3. The van der Waals surface area contributed by atoms with Crippen molar-refractivity contribution in [3.8, 4) is 5.75 Å². The molecule has 1 aliphatic rings. The molecule has 0 radical (unpaired) electrons. The number of amides is 1. The number of hydrogen-bond acceptors (Lipinski definition) is 8. The maximum atomic E-state index is 12.7. The average molecular weight is 475 g/mol. The summed E-state index contributed by atoms with van der Waals surface area (Å²) in [5, 5.41) is 7.87. The van der Waals surface area contributed by atoms with Crippen molar-refractivity contribution in [3.63, 3.8) is 0 Å². The lowest BCUT2D eigenvalue weighted by molar-refractivity contribution is -0.137. The molecule has 1 aromatic heterocycles. The van der Waals surface area contributed by atoms with Crippen LogP contribution in [0.1, 0.15) is 0 Å². The molecule has 1 saturated heterocycles. The fourth-order valence-corrected chi connectivity index (χ4v) is 4.48. The average Bonchev–Trinajstić information content (AvgIpc) is 3.25. The number of fused-ring (bicyclic) bond motifs is 1. The summed E-state index contributed by atoms with van der Waals surface area (Å²) in [7, 11) is 0.926. The number of anilines is 1. The fraction of sp³-hybridized carbons (Fsp3) is 0.381. The molecule has 1 amide bonds. The Morgan fingerprint density at radius 1 is 1.06 bits per heavy atom. The first-order valence-electron chi connectivity index (χ1n) is 10.4. The lowest BCUT2D eigenvalue weighted by Gasteiger charge is -2.36. The van der Waals surface area contributed by atoms with Crippen molar-refractivity contribution in [2.24, 2.45) is 0 Å². The Hall–Kier alpha value is -3.38. The topological polar surface area (TPSA) is 110 Å². The normalized spacial score (nSPS) is 14.7. The van der Waals surface area contributed by atoms with E-state index < -0.39 is 10.0 Å². The minimum Gasteiger partial charge on any atom is -0.497 e. The molecule has 11 nitrogen and oxygen atoms in total. The summed E-state index contributed by atoms with van der Waals surface area (Å²) in [5.74, 6) is 0.627. The minimum absolute atomic E-state index is 0.0909. The fourth-order valence-electron chi connectivity index (χ4n) is 3.56. The molecule has 0 bridgehead atoms. The Bertz CT molecular complexity index is 1230. The number of methoxy groups -OCH3 is 1. The Balaban J connectivity index is 1.37. The number of piperazine rings is 1. The summed E-state index contributed by atoms with van der Waals surface area (Å²) in [6.45, 7) is 2.31. The van der Waals surface area contributed by atoms with Gasteiger partial charge in [0.15, 0.2) is 6.61 Å². The van der Waals surface area contributed by atoms with Crippen LogP contribution in [0.4, 0.5) is 5.69 Å². The summed E-state index contributed by atoms with van der Waals surface area (Å²) >= 11 is 0. The smallest absolute Gasteiger partial charge is 0.263 e. The van der Waals surface area contributed by atoms with Crippen molar-refractivity contribution in [1.82, 2.24) is 24.4 Å². The van der Waals surface area contributed by atoms with E-state index in [1.165, 1.54) is 26.2 Å². The van der Waals surface area contributed by atoms with E-state index in [4.69, 9.17) is 9.57 Å². The lowest BCUT2D eigenvalue weighted by atomic mass is 10.2. The summed E-state index contributed by atoms with van der Waals surface area (Å²) in [5.41, 5.74) is 1.92. The molecule has 2 aromatic carbocycles. The van der Waals surface area contributed by atoms with Gasteiger partial charge in [0.25, 0.3) is 5.91 Å². The van der Waals surface area contributed by atoms with Gasteiger partial charge in [-0.25, -0.2) is 12.7 Å². The third-order valence-electron chi connectivity index (χ3n) is 5.55. The van der Waals surface area contributed by atoms with E-state index in [1.54, 1.807) is 18.1 Å². The number of aromatic nitrogens is 3. The molecule has 12 heteroatoms. The van der Waals surface area contributed by atoms with Gasteiger partial charge in [0.05, 0.1) is 12.0 Å². The van der Waals surface area contributed by atoms with Crippen molar-refractivity contribution in [1.29, 1.82) is 0 Å². The van der Waals surface area contributed by atoms with E-state index in [9.17, 15) is 13.2 Å². The van der Waals surface area contributed by atoms with Crippen LogP contribution in [0.2, 0.25) is 0 Å². The number of nitrogens with zero attached hydrogens (tertiary/aromatic N) is 6. The highest BCUT2D eigenvalue weighted by molar-refractivity contribution is 7.89. The largest absolute Gasteiger partial charge is 0.497 e. The summed E-state index contributed by atoms with van der Waals surface area (Å²) < 4.78 is 31.1. The van der Waals surface area contributed by atoms with Crippen molar-refractivity contribution in [2.45, 2.75) is 4.90 Å². The maximum Gasteiger partial charge on any atom is 0.263 e. The Labute approximate surface area is 192 Å². The SMILES string of the molecule is COc1ccc(N2CCN(C(=O)COn3nnc4ccc(S(=O)(=O)N(C)C)cc43)CC2)cc1. The van der Waals surface area contributed by atoms with Crippen LogP contribution in [0.25, 0.3) is 11.0 Å². The molecule has 2 heterocycles. The van der Waals surface area contributed by atoms with Crippen LogP contribution in [-0.2, 0) is 14.8 Å². The third kappa shape index (κ3) is 4.71. The van der Waals surface area contributed by atoms with Crippen LogP contribution in [0.3, 0.4) is 0 Å². The second-order valence-corrected chi connectivity index (χ2v) is 9.89. The first-order valence-corrected chi connectivity index (χ1v) is 11.8. The van der Waals surface area contributed by atoms with Crippen molar-refractivity contribution in [3.05, 3.63) is 42.5 Å². The van der Waals surface area contributed by atoms with Crippen LogP contribution in [-0.4, -0.2) is 92.7 Å². The zero-order chi connectivity index (χ0) is 23.6. The van der Waals surface area contributed by atoms with E-state index in [0.717, 1.165) is 20.6 Å². The molecule has 1 aliphatic heterocycles. The first-order chi connectivity index (χ1) is 15.8. The molecule has 33 heavy (non-hydrogen) atoms. The summed E-state index contributed by atoms with van der Waals surface area (Å²) in [6, 6.07) is 12.3. The van der Waals surface area contributed by atoms with Gasteiger partial charge >= 0.3 is 0 Å². The highest BCUT2D eigenvalue weighted by Gasteiger charge is 2.23. The van der Waals surface area contributed by atoms with Crippen LogP contribution < -0.4 is 14.5 Å². The molecule has 176 valence electrons. The van der Waals surface area contributed by atoms with Gasteiger partial charge in [0.2, 0.25) is 10.0 Å². The van der Waals surface area contributed by atoms with Crippen molar-refractivity contribution in [2.75, 3.05) is 58.9 Å². The summed E-state index contributed by atoms with van der Waals surface area (Å²) in [4.78, 5) is 23.4. The monoisotopic (exact) mass is 474 g/mol. The van der Waals surface area contributed by atoms with E-state index >= 15 is 0 Å². The molecule has 0 N–H and O–H groups in total. The van der Waals surface area contributed by atoms with Gasteiger partial charge in [-0.15, -0.1) is 5.10 Å². The molecule has 0 aliphatic carbocycles. The zero-order valence-corrected chi connectivity index (χ0v) is 19.5. The first kappa shape index (κ1) is 22.8. The number of carbonyl (C=O) groups is 1. The molecular formula is C21H26N6O5S. The number of benzene rings is 2. The number of hydrogen-bond donors (Lipinski definition) is 0. The Kier molecular flexibility index (Phi) is 6.38. The number of sulfonamides is 1. The third-order valence-corrected chi connectivity index (χ3v) is 7.36. The van der Waals surface area contributed by atoms with Crippen LogP contribution in [0, 0.1) is 0 Å². The molecular weight excluding hydrogens is 448 g/mol. The van der Waals surface area contributed by atoms with Gasteiger partial charge in [-0.2, -0.15) is 0 Å². The Morgan fingerprint density at radius 2 is 1.76 bits per heavy atom. The zero-order valence-electron chi connectivity index (χ0n) is 18.7. The van der Waals surface area contributed by atoms with Gasteiger partial charge in [-0.05, 0) is 47.7 Å². The number of rotatable bonds is 7. The predicted molar refractivity (Wildman–Crippen MR) is 122 cm³/mol. The second-order valence-electron chi connectivity index (χ2n) is 7.74. The van der Waals surface area contributed by atoms with E-state index in [2.05, 4.69) is 15.2 Å². The maximum absolute atomic E-state index is 12.7. The predicted octanol–water partition coefficient (Wildman–Crippen LogP) is 0.468. The highest BCUT2D eigenvalue weighted by atomic mass is 32.2. The van der Waals surface area contributed by atoms with Gasteiger partial charge < -0.3 is 19.4 Å². The van der Waals surface area contributed by atoms with Crippen LogP contribution in [0.15, 0.2) is 47.4 Å². The quantitative estimate of drug-likeness (QED) is 0.486. The molecule has 0 atom stereocenters. The number of carbonyl (C=O) groups excluding carboxylic acids is 1. The number of ether oxygens (including phenoxy) is 1. The van der Waals surface area contributed by atoms with Crippen molar-refractivity contribution < 1.29 is 22.8 Å². The van der Waals surface area contributed by atoms with E-state index in [-0.39, 0.29) is 17.4 Å². The van der Waals surface area contributed by atoms with Crippen molar-refractivity contribution >= 4 is 32.7 Å². The Morgan fingerprint density at radius 3 is 2.39 bits per heavy atom. The van der Waals surface area contributed by atoms with Gasteiger partial charge in [-0.3, -0.25) is 4.79 Å². The molecule has 0 unspecified atom stereocenters. The molecule has 0 spiro atoms. The van der Waals surface area contributed by atoms with Crippen LogP contribution in [0.5, 0.6) is 5.75 Å². The lowest BCUT2D eigenvalue weighted by Crippen LogP contribution is -2.50. The van der Waals surface area contributed by atoms with E-state index in [1.807, 2.05) is 24.3 Å². The minimum atomic E-state index is -3.62. The van der Waals surface area contributed by atoms with Gasteiger partial charge in [0, 0.05) is 46.0 Å². The molecule has 1 fully saturated rings. The molecule has 3 aromatic rings. The highest BCUT2D eigenvalue weighted by Crippen LogP contribution is 2.21. The van der Waals surface area contributed by atoms with Crippen LogP contribution >= 0.6 is 0 Å². The summed E-state index contributed by atoms with van der Waals surface area (Å²) in [6.07, 6.45) is 0. The van der Waals surface area contributed by atoms with E-state index in [0.29, 0.717) is 37.2 Å².